The summed E-state index contributed by atoms with van der Waals surface area (Å²) in [6, 6.07) is 10.1. The van der Waals surface area contributed by atoms with Crippen molar-refractivity contribution in [2.75, 3.05) is 13.7 Å². The molecule has 96 valence electrons. The Labute approximate surface area is 111 Å². The molecule has 3 nitrogen and oxygen atoms in total. The van der Waals surface area contributed by atoms with E-state index in [0.29, 0.717) is 11.9 Å². The lowest BCUT2D eigenvalue weighted by atomic mass is 10.1. The third-order valence-electron chi connectivity index (χ3n) is 3.13. The first-order chi connectivity index (χ1) is 8.86. The fraction of sp³-hybridized carbons (Fsp3) is 0.429. The molecule has 0 spiro atoms. The summed E-state index contributed by atoms with van der Waals surface area (Å²) in [6.45, 7) is 0.694. The normalized spacial score (nSPS) is 35.2. The smallest absolute Gasteiger partial charge is 0.184 e. The number of ether oxygens (including phenoxy) is 3. The Hall–Kier alpha value is -0.810. The monoisotopic (exact) mass is 264 g/mol. The van der Waals surface area contributed by atoms with Crippen LogP contribution in [0.1, 0.15) is 11.9 Å². The molecule has 2 heterocycles. The number of rotatable bonds is 2. The molecular formula is C14H16O3S. The molecule has 1 aromatic rings. The Morgan fingerprint density at radius 2 is 2.06 bits per heavy atom. The van der Waals surface area contributed by atoms with Gasteiger partial charge >= 0.3 is 0 Å². The van der Waals surface area contributed by atoms with Gasteiger partial charge in [-0.15, -0.1) is 11.8 Å². The molecule has 0 N–H and O–H groups in total. The van der Waals surface area contributed by atoms with Crippen molar-refractivity contribution in [2.24, 2.45) is 0 Å². The molecule has 0 aliphatic carbocycles. The molecule has 2 aliphatic heterocycles. The maximum Gasteiger partial charge on any atom is 0.184 e. The SMILES string of the molecule is CO[C@H]1C=C[C@H]2O[C@H](c3ccccc3)OC[C@H]2S1. The number of methoxy groups -OCH3 is 1. The topological polar surface area (TPSA) is 27.7 Å². The third-order valence-corrected chi connectivity index (χ3v) is 4.50. The zero-order chi connectivity index (χ0) is 12.4. The van der Waals surface area contributed by atoms with Crippen LogP contribution in [0.15, 0.2) is 42.5 Å². The van der Waals surface area contributed by atoms with Gasteiger partial charge in [-0.1, -0.05) is 36.4 Å². The van der Waals surface area contributed by atoms with Gasteiger partial charge in [0.05, 0.1) is 18.0 Å². The zero-order valence-corrected chi connectivity index (χ0v) is 11.0. The van der Waals surface area contributed by atoms with Crippen molar-refractivity contribution >= 4 is 11.8 Å². The largest absolute Gasteiger partial charge is 0.367 e. The molecule has 1 fully saturated rings. The average molecular weight is 264 g/mol. The van der Waals surface area contributed by atoms with Crippen LogP contribution in [-0.2, 0) is 14.2 Å². The molecule has 18 heavy (non-hydrogen) atoms. The fourth-order valence-electron chi connectivity index (χ4n) is 2.17. The van der Waals surface area contributed by atoms with Crippen LogP contribution >= 0.6 is 11.8 Å². The standard InChI is InChI=1S/C14H16O3S/c1-15-13-8-7-11-12(18-13)9-16-14(17-11)10-5-3-2-4-6-10/h2-8,11-14H,9H2,1H3/t11-,12-,13-,14-/m1/s1. The maximum absolute atomic E-state index is 5.98. The lowest BCUT2D eigenvalue weighted by Crippen LogP contribution is -2.40. The Bertz CT molecular complexity index is 420. The van der Waals surface area contributed by atoms with E-state index >= 15 is 0 Å². The van der Waals surface area contributed by atoms with Gasteiger partial charge in [-0.05, 0) is 6.08 Å². The quantitative estimate of drug-likeness (QED) is 0.768. The third kappa shape index (κ3) is 2.47. The molecule has 1 saturated heterocycles. The molecular weight excluding hydrogens is 248 g/mol. The molecule has 4 atom stereocenters. The highest BCUT2D eigenvalue weighted by Crippen LogP contribution is 2.37. The predicted octanol–water partition coefficient (Wildman–Crippen LogP) is 2.74. The summed E-state index contributed by atoms with van der Waals surface area (Å²) in [5.74, 6) is 0. The van der Waals surface area contributed by atoms with Gasteiger partial charge in [0.15, 0.2) is 6.29 Å². The highest BCUT2D eigenvalue weighted by molar-refractivity contribution is 8.00. The molecule has 0 unspecified atom stereocenters. The van der Waals surface area contributed by atoms with Crippen LogP contribution in [0.4, 0.5) is 0 Å². The summed E-state index contributed by atoms with van der Waals surface area (Å²) < 4.78 is 17.1. The molecule has 0 saturated carbocycles. The van der Waals surface area contributed by atoms with E-state index in [-0.39, 0.29) is 17.8 Å². The number of thioether (sulfide) groups is 1. The Morgan fingerprint density at radius 3 is 2.83 bits per heavy atom. The van der Waals surface area contributed by atoms with Crippen LogP contribution in [-0.4, -0.2) is 30.5 Å². The second kappa shape index (κ2) is 5.45. The molecule has 4 heteroatoms. The van der Waals surface area contributed by atoms with Crippen molar-refractivity contribution in [3.63, 3.8) is 0 Å². The first-order valence-corrected chi connectivity index (χ1v) is 6.99. The van der Waals surface area contributed by atoms with Gasteiger partial charge in [0.25, 0.3) is 0 Å². The minimum atomic E-state index is -0.253. The minimum Gasteiger partial charge on any atom is -0.367 e. The maximum atomic E-state index is 5.98. The number of benzene rings is 1. The first kappa shape index (κ1) is 12.2. The lowest BCUT2D eigenvalue weighted by molar-refractivity contribution is -0.202. The van der Waals surface area contributed by atoms with Gasteiger partial charge in [0.1, 0.15) is 5.44 Å². The molecule has 0 amide bonds. The minimum absolute atomic E-state index is 0.111. The van der Waals surface area contributed by atoms with Crippen LogP contribution < -0.4 is 0 Å². The highest BCUT2D eigenvalue weighted by Gasteiger charge is 2.35. The van der Waals surface area contributed by atoms with Crippen molar-refractivity contribution in [1.82, 2.24) is 0 Å². The Balaban J connectivity index is 1.71. The van der Waals surface area contributed by atoms with Gasteiger partial charge < -0.3 is 14.2 Å². The molecule has 0 bridgehead atoms. The van der Waals surface area contributed by atoms with Gasteiger partial charge in [0, 0.05) is 12.7 Å². The summed E-state index contributed by atoms with van der Waals surface area (Å²) in [4.78, 5) is 0. The van der Waals surface area contributed by atoms with E-state index in [4.69, 9.17) is 14.2 Å². The molecule has 2 aliphatic rings. The van der Waals surface area contributed by atoms with Gasteiger partial charge in [-0.3, -0.25) is 0 Å². The fourth-order valence-corrected chi connectivity index (χ4v) is 3.27. The number of fused-ring (bicyclic) bond motifs is 1. The van der Waals surface area contributed by atoms with Crippen molar-refractivity contribution < 1.29 is 14.2 Å². The molecule has 1 aromatic carbocycles. The number of hydrogen-bond donors (Lipinski definition) is 0. The van der Waals surface area contributed by atoms with E-state index in [1.165, 1.54) is 0 Å². The van der Waals surface area contributed by atoms with E-state index in [1.54, 1.807) is 18.9 Å². The van der Waals surface area contributed by atoms with Crippen molar-refractivity contribution in [2.45, 2.75) is 23.1 Å². The van der Waals surface area contributed by atoms with Gasteiger partial charge in [-0.25, -0.2) is 0 Å². The average Bonchev–Trinajstić information content (AvgIpc) is 2.47. The van der Waals surface area contributed by atoms with Crippen LogP contribution in [0.5, 0.6) is 0 Å². The van der Waals surface area contributed by atoms with Crippen molar-refractivity contribution in [3.8, 4) is 0 Å². The zero-order valence-electron chi connectivity index (χ0n) is 10.2. The summed E-state index contributed by atoms with van der Waals surface area (Å²) in [5.41, 5.74) is 1.19. The van der Waals surface area contributed by atoms with E-state index in [0.717, 1.165) is 5.56 Å². The van der Waals surface area contributed by atoms with Crippen LogP contribution in [0.2, 0.25) is 0 Å². The van der Waals surface area contributed by atoms with Gasteiger partial charge in [0.2, 0.25) is 0 Å². The van der Waals surface area contributed by atoms with Crippen molar-refractivity contribution in [3.05, 3.63) is 48.0 Å². The lowest BCUT2D eigenvalue weighted by Gasteiger charge is -2.38. The Kier molecular flexibility index (Phi) is 3.70. The first-order valence-electron chi connectivity index (χ1n) is 6.05. The summed E-state index contributed by atoms with van der Waals surface area (Å²) in [5, 5.41) is 0.319. The Morgan fingerprint density at radius 1 is 1.22 bits per heavy atom. The van der Waals surface area contributed by atoms with E-state index in [9.17, 15) is 0 Å². The predicted molar refractivity (Wildman–Crippen MR) is 71.3 cm³/mol. The summed E-state index contributed by atoms with van der Waals surface area (Å²) in [6.07, 6.45) is 4.00. The molecule has 0 aromatic heterocycles. The van der Waals surface area contributed by atoms with E-state index in [1.807, 2.05) is 30.3 Å². The molecule has 3 rings (SSSR count). The molecule has 0 radical (unpaired) electrons. The second-order valence-electron chi connectivity index (χ2n) is 4.34. The van der Waals surface area contributed by atoms with E-state index in [2.05, 4.69) is 12.2 Å². The van der Waals surface area contributed by atoms with Crippen LogP contribution in [0.3, 0.4) is 0 Å². The van der Waals surface area contributed by atoms with Gasteiger partial charge in [-0.2, -0.15) is 0 Å². The van der Waals surface area contributed by atoms with Crippen molar-refractivity contribution in [1.29, 1.82) is 0 Å². The van der Waals surface area contributed by atoms with E-state index < -0.39 is 0 Å². The van der Waals surface area contributed by atoms with Crippen LogP contribution in [0.25, 0.3) is 0 Å². The van der Waals surface area contributed by atoms with Crippen LogP contribution in [0, 0.1) is 0 Å². The summed E-state index contributed by atoms with van der Waals surface area (Å²) in [7, 11) is 1.72. The second-order valence-corrected chi connectivity index (χ2v) is 5.68. The number of hydrogen-bond acceptors (Lipinski definition) is 4. The highest BCUT2D eigenvalue weighted by atomic mass is 32.2. The summed E-state index contributed by atoms with van der Waals surface area (Å²) >= 11 is 1.75.